The number of amidine groups is 1. The van der Waals surface area contributed by atoms with E-state index in [2.05, 4.69) is 9.88 Å². The number of hydrogen-bond acceptors (Lipinski definition) is 5. The molecule has 2 rings (SSSR count). The summed E-state index contributed by atoms with van der Waals surface area (Å²) < 4.78 is 32.3. The number of anilines is 1. The van der Waals surface area contributed by atoms with Crippen LogP contribution in [0.15, 0.2) is 29.4 Å². The fraction of sp³-hybridized carbons (Fsp3) is 0.417. The molecule has 1 aliphatic rings. The third-order valence-corrected chi connectivity index (χ3v) is 5.02. The number of nitrogens with two attached hydrogens (primary N) is 1. The van der Waals surface area contributed by atoms with Crippen LogP contribution in [0, 0.1) is 0 Å². The third-order valence-electron chi connectivity index (χ3n) is 3.17. The van der Waals surface area contributed by atoms with Crippen LogP contribution >= 0.6 is 0 Å². The van der Waals surface area contributed by atoms with Crippen molar-refractivity contribution in [2.24, 2.45) is 10.9 Å². The van der Waals surface area contributed by atoms with Crippen molar-refractivity contribution in [3.63, 3.8) is 0 Å². The molecule has 20 heavy (non-hydrogen) atoms. The van der Waals surface area contributed by atoms with Gasteiger partial charge in [-0.3, -0.25) is 4.72 Å². The van der Waals surface area contributed by atoms with Gasteiger partial charge in [0, 0.05) is 18.8 Å². The van der Waals surface area contributed by atoms with Crippen LogP contribution in [0.2, 0.25) is 0 Å². The number of rotatable bonds is 4. The number of oxime groups is 1. The summed E-state index contributed by atoms with van der Waals surface area (Å²) >= 11 is 0. The molecule has 1 aromatic rings. The van der Waals surface area contributed by atoms with Crippen LogP contribution in [0.5, 0.6) is 0 Å². The first-order chi connectivity index (χ1) is 9.54. The van der Waals surface area contributed by atoms with Crippen molar-refractivity contribution in [3.05, 3.63) is 29.8 Å². The lowest BCUT2D eigenvalue weighted by atomic mass is 10.2. The van der Waals surface area contributed by atoms with Gasteiger partial charge >= 0.3 is 0 Å². The second kappa shape index (κ2) is 6.10. The number of nitrogens with zero attached hydrogens (tertiary/aromatic N) is 1. The van der Waals surface area contributed by atoms with E-state index in [9.17, 15) is 8.42 Å². The van der Waals surface area contributed by atoms with Crippen LogP contribution in [0.4, 0.5) is 5.69 Å². The van der Waals surface area contributed by atoms with Crippen LogP contribution < -0.4 is 10.5 Å². The molecule has 0 aliphatic carbocycles. The molecule has 4 N–H and O–H groups in total. The second-order valence-corrected chi connectivity index (χ2v) is 6.45. The van der Waals surface area contributed by atoms with E-state index in [-0.39, 0.29) is 5.84 Å². The summed E-state index contributed by atoms with van der Waals surface area (Å²) in [6.45, 7) is 0.876. The number of sulfonamides is 1. The standard InChI is InChI=1S/C12H17N3O4S/c13-12(14-16)10-3-1-2-4-11(10)15-20(17,18)9-5-7-19-8-6-9/h1-4,9,15-16H,5-8H2,(H2,13,14). The average Bonchev–Trinajstić information content (AvgIpc) is 2.47. The Hall–Kier alpha value is -1.80. The molecule has 110 valence electrons. The molecule has 0 bridgehead atoms. The van der Waals surface area contributed by atoms with Crippen LogP contribution in [0.1, 0.15) is 18.4 Å². The Balaban J connectivity index is 2.25. The van der Waals surface area contributed by atoms with Gasteiger partial charge in [-0.1, -0.05) is 17.3 Å². The molecular formula is C12H17N3O4S. The molecule has 8 heteroatoms. The van der Waals surface area contributed by atoms with Gasteiger partial charge in [-0.05, 0) is 25.0 Å². The predicted octanol–water partition coefficient (Wildman–Crippen LogP) is 0.702. The Kier molecular flexibility index (Phi) is 4.46. The SMILES string of the molecule is NC(=NO)c1ccccc1NS(=O)(=O)C1CCOCC1. The maximum atomic E-state index is 12.3. The smallest absolute Gasteiger partial charge is 0.235 e. The zero-order valence-electron chi connectivity index (χ0n) is 10.8. The van der Waals surface area contributed by atoms with Gasteiger partial charge in [0.25, 0.3) is 0 Å². The Morgan fingerprint density at radius 3 is 2.65 bits per heavy atom. The summed E-state index contributed by atoms with van der Waals surface area (Å²) in [7, 11) is -3.52. The van der Waals surface area contributed by atoms with Crippen molar-refractivity contribution in [1.29, 1.82) is 0 Å². The Labute approximate surface area is 117 Å². The van der Waals surface area contributed by atoms with E-state index >= 15 is 0 Å². The van der Waals surface area contributed by atoms with E-state index in [4.69, 9.17) is 15.7 Å². The monoisotopic (exact) mass is 299 g/mol. The number of hydrogen-bond donors (Lipinski definition) is 3. The molecule has 0 saturated carbocycles. The minimum Gasteiger partial charge on any atom is -0.409 e. The van der Waals surface area contributed by atoms with Gasteiger partial charge in [0.05, 0.1) is 10.9 Å². The number of nitrogens with one attached hydrogen (secondary N) is 1. The van der Waals surface area contributed by atoms with Crippen LogP contribution in [-0.4, -0.2) is 37.9 Å². The fourth-order valence-electron chi connectivity index (χ4n) is 2.07. The van der Waals surface area contributed by atoms with E-state index in [1.807, 2.05) is 0 Å². The lowest BCUT2D eigenvalue weighted by molar-refractivity contribution is 0.0984. The van der Waals surface area contributed by atoms with E-state index in [0.29, 0.717) is 37.3 Å². The molecule has 0 unspecified atom stereocenters. The van der Waals surface area contributed by atoms with Crippen molar-refractivity contribution >= 4 is 21.5 Å². The molecule has 7 nitrogen and oxygen atoms in total. The predicted molar refractivity (Wildman–Crippen MR) is 75.3 cm³/mol. The highest BCUT2D eigenvalue weighted by molar-refractivity contribution is 7.93. The molecule has 1 fully saturated rings. The van der Waals surface area contributed by atoms with Crippen molar-refractivity contribution in [1.82, 2.24) is 0 Å². The fourth-order valence-corrected chi connectivity index (χ4v) is 3.54. The largest absolute Gasteiger partial charge is 0.409 e. The molecule has 0 atom stereocenters. The average molecular weight is 299 g/mol. The molecule has 0 amide bonds. The van der Waals surface area contributed by atoms with Crippen molar-refractivity contribution in [3.8, 4) is 0 Å². The number of para-hydroxylation sites is 1. The molecule has 0 radical (unpaired) electrons. The highest BCUT2D eigenvalue weighted by atomic mass is 32.2. The van der Waals surface area contributed by atoms with Gasteiger partial charge in [0.1, 0.15) is 0 Å². The molecule has 1 saturated heterocycles. The molecular weight excluding hydrogens is 282 g/mol. The summed E-state index contributed by atoms with van der Waals surface area (Å²) in [5.74, 6) is -0.143. The van der Waals surface area contributed by atoms with Gasteiger partial charge in [0.15, 0.2) is 5.84 Å². The lowest BCUT2D eigenvalue weighted by Crippen LogP contribution is -2.33. The van der Waals surface area contributed by atoms with Gasteiger partial charge in [-0.15, -0.1) is 0 Å². The quantitative estimate of drug-likeness (QED) is 0.328. The summed E-state index contributed by atoms with van der Waals surface area (Å²) in [6.07, 6.45) is 0.919. The Morgan fingerprint density at radius 1 is 1.35 bits per heavy atom. The lowest BCUT2D eigenvalue weighted by Gasteiger charge is -2.23. The van der Waals surface area contributed by atoms with Crippen LogP contribution in [0.25, 0.3) is 0 Å². The molecule has 0 aromatic heterocycles. The Morgan fingerprint density at radius 2 is 2.00 bits per heavy atom. The van der Waals surface area contributed by atoms with Gasteiger partial charge in [-0.2, -0.15) is 0 Å². The Bertz CT molecular complexity index is 594. The summed E-state index contributed by atoms with van der Waals surface area (Å²) in [5.41, 5.74) is 6.18. The number of ether oxygens (including phenoxy) is 1. The van der Waals surface area contributed by atoms with Crippen molar-refractivity contribution < 1.29 is 18.4 Å². The molecule has 1 aromatic carbocycles. The maximum Gasteiger partial charge on any atom is 0.235 e. The molecule has 1 heterocycles. The highest BCUT2D eigenvalue weighted by Crippen LogP contribution is 2.21. The van der Waals surface area contributed by atoms with E-state index < -0.39 is 15.3 Å². The van der Waals surface area contributed by atoms with Crippen LogP contribution in [0.3, 0.4) is 0 Å². The van der Waals surface area contributed by atoms with E-state index in [1.54, 1.807) is 24.3 Å². The minimum absolute atomic E-state index is 0.143. The highest BCUT2D eigenvalue weighted by Gasteiger charge is 2.28. The van der Waals surface area contributed by atoms with E-state index in [0.717, 1.165) is 0 Å². The van der Waals surface area contributed by atoms with Crippen molar-refractivity contribution in [2.45, 2.75) is 18.1 Å². The van der Waals surface area contributed by atoms with Crippen LogP contribution in [-0.2, 0) is 14.8 Å². The zero-order chi connectivity index (χ0) is 14.6. The summed E-state index contributed by atoms with van der Waals surface area (Å²) in [5, 5.41) is 11.1. The van der Waals surface area contributed by atoms with Gasteiger partial charge in [0.2, 0.25) is 10.0 Å². The first-order valence-electron chi connectivity index (χ1n) is 6.21. The first kappa shape index (κ1) is 14.6. The molecule has 0 spiro atoms. The minimum atomic E-state index is -3.52. The van der Waals surface area contributed by atoms with E-state index in [1.165, 1.54) is 0 Å². The normalized spacial score (nSPS) is 17.9. The summed E-state index contributed by atoms with van der Waals surface area (Å²) in [4.78, 5) is 0. The maximum absolute atomic E-state index is 12.3. The topological polar surface area (TPSA) is 114 Å². The van der Waals surface area contributed by atoms with Crippen molar-refractivity contribution in [2.75, 3.05) is 17.9 Å². The molecule has 1 aliphatic heterocycles. The summed E-state index contributed by atoms with van der Waals surface area (Å²) in [6, 6.07) is 6.51. The zero-order valence-corrected chi connectivity index (χ0v) is 11.6. The van der Waals surface area contributed by atoms with Gasteiger partial charge < -0.3 is 15.7 Å². The van der Waals surface area contributed by atoms with Gasteiger partial charge in [-0.25, -0.2) is 8.42 Å². The third kappa shape index (κ3) is 3.20. The first-order valence-corrected chi connectivity index (χ1v) is 7.75. The second-order valence-electron chi connectivity index (χ2n) is 4.49. The number of benzene rings is 1.